The van der Waals surface area contributed by atoms with E-state index in [1.807, 2.05) is 54.9 Å². The molecule has 0 N–H and O–H groups in total. The van der Waals surface area contributed by atoms with Gasteiger partial charge in [0.25, 0.3) is 0 Å². The summed E-state index contributed by atoms with van der Waals surface area (Å²) in [7, 11) is 1.83. The summed E-state index contributed by atoms with van der Waals surface area (Å²) in [6.45, 7) is 5.40. The number of hydrogen-bond donors (Lipinski definition) is 0. The van der Waals surface area contributed by atoms with Crippen LogP contribution >= 0.6 is 23.4 Å². The normalized spacial score (nSPS) is 10.9. The maximum Gasteiger partial charge on any atom is 0.233 e. The number of carbonyl (C=O) groups excluding carboxylic acids is 1. The molecule has 0 aliphatic heterocycles. The van der Waals surface area contributed by atoms with E-state index < -0.39 is 0 Å². The molecule has 1 heterocycles. The average molecular weight is 415 g/mol. The molecule has 146 valence electrons. The molecule has 28 heavy (non-hydrogen) atoms. The minimum absolute atomic E-state index is 0.0585. The molecule has 3 aromatic rings. The molecule has 1 aromatic heterocycles. The van der Waals surface area contributed by atoms with Crippen LogP contribution in [0.4, 0.5) is 0 Å². The van der Waals surface area contributed by atoms with E-state index in [1.54, 1.807) is 4.90 Å². The summed E-state index contributed by atoms with van der Waals surface area (Å²) >= 11 is 7.51. The molecule has 3 rings (SSSR count). The van der Waals surface area contributed by atoms with Crippen molar-refractivity contribution >= 4 is 29.3 Å². The number of aryl methyl sites for hydroxylation is 1. The third kappa shape index (κ3) is 4.75. The Bertz CT molecular complexity index is 973. The summed E-state index contributed by atoms with van der Waals surface area (Å²) in [4.78, 5) is 14.3. The van der Waals surface area contributed by atoms with Crippen LogP contribution in [0.15, 0.2) is 53.7 Å². The van der Waals surface area contributed by atoms with Crippen LogP contribution in [0.25, 0.3) is 11.4 Å². The van der Waals surface area contributed by atoms with Crippen LogP contribution in [0.2, 0.25) is 5.02 Å². The molecular formula is C21H23ClN4OS. The monoisotopic (exact) mass is 414 g/mol. The minimum atomic E-state index is 0.0585. The quantitative estimate of drug-likeness (QED) is 0.527. The van der Waals surface area contributed by atoms with Crippen molar-refractivity contribution in [2.24, 2.45) is 0 Å². The van der Waals surface area contributed by atoms with Crippen molar-refractivity contribution < 1.29 is 4.79 Å². The lowest BCUT2D eigenvalue weighted by Crippen LogP contribution is -2.28. The third-order valence-corrected chi connectivity index (χ3v) is 5.72. The number of nitrogens with zero attached hydrogens (tertiary/aromatic N) is 4. The molecule has 5 nitrogen and oxygen atoms in total. The second kappa shape index (κ2) is 9.26. The van der Waals surface area contributed by atoms with Gasteiger partial charge >= 0.3 is 0 Å². The zero-order valence-corrected chi connectivity index (χ0v) is 17.8. The predicted octanol–water partition coefficient (Wildman–Crippen LogP) is 4.68. The molecule has 0 atom stereocenters. The highest BCUT2D eigenvalue weighted by molar-refractivity contribution is 7.99. The fourth-order valence-corrected chi connectivity index (χ4v) is 4.02. The molecule has 0 aliphatic carbocycles. The van der Waals surface area contributed by atoms with Gasteiger partial charge in [0.05, 0.1) is 5.75 Å². The fourth-order valence-electron chi connectivity index (χ4n) is 2.89. The van der Waals surface area contributed by atoms with Crippen LogP contribution in [-0.4, -0.2) is 38.4 Å². The van der Waals surface area contributed by atoms with Gasteiger partial charge in [-0.05, 0) is 37.1 Å². The van der Waals surface area contributed by atoms with Crippen LogP contribution in [0, 0.1) is 6.92 Å². The van der Waals surface area contributed by atoms with Crippen LogP contribution in [0.3, 0.4) is 0 Å². The number of halogens is 1. The van der Waals surface area contributed by atoms with Crippen molar-refractivity contribution in [2.75, 3.05) is 12.8 Å². The first-order valence-electron chi connectivity index (χ1n) is 9.10. The molecule has 0 fully saturated rings. The molecular weight excluding hydrogens is 392 g/mol. The van der Waals surface area contributed by atoms with Gasteiger partial charge in [-0.25, -0.2) is 0 Å². The van der Waals surface area contributed by atoms with Gasteiger partial charge in [0.1, 0.15) is 0 Å². The molecule has 0 radical (unpaired) electrons. The molecule has 0 spiro atoms. The molecule has 0 saturated heterocycles. The van der Waals surface area contributed by atoms with Crippen molar-refractivity contribution in [2.45, 2.75) is 32.1 Å². The highest BCUT2D eigenvalue weighted by Gasteiger charge is 2.16. The lowest BCUT2D eigenvalue weighted by Gasteiger charge is -2.18. The third-order valence-electron chi connectivity index (χ3n) is 4.54. The summed E-state index contributed by atoms with van der Waals surface area (Å²) < 4.78 is 2.00. The SMILES string of the molecule is CCn1c(SCC(=O)N(C)Cc2ccccc2C)nnc1-c1cccc(Cl)c1. The van der Waals surface area contributed by atoms with Gasteiger partial charge in [0.2, 0.25) is 5.91 Å². The zero-order chi connectivity index (χ0) is 20.1. The van der Waals surface area contributed by atoms with Gasteiger partial charge in [0, 0.05) is 30.7 Å². The zero-order valence-electron chi connectivity index (χ0n) is 16.2. The van der Waals surface area contributed by atoms with E-state index in [9.17, 15) is 4.79 Å². The molecule has 0 saturated carbocycles. The van der Waals surface area contributed by atoms with Crippen LogP contribution in [0.1, 0.15) is 18.1 Å². The van der Waals surface area contributed by atoms with Crippen LogP contribution < -0.4 is 0 Å². The predicted molar refractivity (Wildman–Crippen MR) is 115 cm³/mol. The van der Waals surface area contributed by atoms with Crippen molar-refractivity contribution in [1.29, 1.82) is 0 Å². The molecule has 1 amide bonds. The first-order valence-corrected chi connectivity index (χ1v) is 10.5. The number of thioether (sulfide) groups is 1. The number of amides is 1. The van der Waals surface area contributed by atoms with E-state index in [-0.39, 0.29) is 5.91 Å². The standard InChI is InChI=1S/C21H23ClN4OS/c1-4-26-20(16-10-7-11-18(22)12-16)23-24-21(26)28-14-19(27)25(3)13-17-9-6-5-8-15(17)2/h5-12H,4,13-14H2,1-3H3. The lowest BCUT2D eigenvalue weighted by molar-refractivity contribution is -0.127. The Morgan fingerprint density at radius 1 is 1.18 bits per heavy atom. The number of benzene rings is 2. The maximum absolute atomic E-state index is 12.6. The van der Waals surface area contributed by atoms with Gasteiger partial charge in [-0.15, -0.1) is 10.2 Å². The Kier molecular flexibility index (Phi) is 6.75. The Morgan fingerprint density at radius 3 is 2.68 bits per heavy atom. The van der Waals surface area contributed by atoms with Crippen LogP contribution in [0.5, 0.6) is 0 Å². The largest absolute Gasteiger partial charge is 0.341 e. The van der Waals surface area contributed by atoms with Crippen molar-refractivity contribution in [3.63, 3.8) is 0 Å². The topological polar surface area (TPSA) is 51.0 Å². The number of aromatic nitrogens is 3. The van der Waals surface area contributed by atoms with Crippen LogP contribution in [-0.2, 0) is 17.9 Å². The Hall–Kier alpha value is -2.31. The molecule has 0 aliphatic rings. The first kappa shape index (κ1) is 20.4. The molecule has 0 unspecified atom stereocenters. The van der Waals surface area contributed by atoms with Gasteiger partial charge in [0.15, 0.2) is 11.0 Å². The number of hydrogen-bond acceptors (Lipinski definition) is 4. The number of rotatable bonds is 7. The molecule has 7 heteroatoms. The highest BCUT2D eigenvalue weighted by atomic mass is 35.5. The Morgan fingerprint density at radius 2 is 1.96 bits per heavy atom. The van der Waals surface area contributed by atoms with E-state index in [2.05, 4.69) is 29.3 Å². The van der Waals surface area contributed by atoms with E-state index >= 15 is 0 Å². The highest BCUT2D eigenvalue weighted by Crippen LogP contribution is 2.26. The van der Waals surface area contributed by atoms with E-state index in [4.69, 9.17) is 11.6 Å². The summed E-state index contributed by atoms with van der Waals surface area (Å²) in [6.07, 6.45) is 0. The lowest BCUT2D eigenvalue weighted by atomic mass is 10.1. The maximum atomic E-state index is 12.6. The molecule has 2 aromatic carbocycles. The summed E-state index contributed by atoms with van der Waals surface area (Å²) in [5.74, 6) is 1.13. The van der Waals surface area contributed by atoms with Crippen molar-refractivity contribution in [3.8, 4) is 11.4 Å². The molecule has 0 bridgehead atoms. The summed E-state index contributed by atoms with van der Waals surface area (Å²) in [6, 6.07) is 15.7. The van der Waals surface area contributed by atoms with E-state index in [1.165, 1.54) is 17.3 Å². The van der Waals surface area contributed by atoms with Gasteiger partial charge in [-0.2, -0.15) is 0 Å². The minimum Gasteiger partial charge on any atom is -0.341 e. The van der Waals surface area contributed by atoms with Gasteiger partial charge in [-0.1, -0.05) is 59.8 Å². The van der Waals surface area contributed by atoms with Gasteiger partial charge in [-0.3, -0.25) is 4.79 Å². The Balaban J connectivity index is 1.67. The Labute approximate surface area is 174 Å². The van der Waals surface area contributed by atoms with Crippen molar-refractivity contribution in [3.05, 3.63) is 64.7 Å². The first-order chi connectivity index (χ1) is 13.5. The van der Waals surface area contributed by atoms with E-state index in [0.717, 1.165) is 22.1 Å². The van der Waals surface area contributed by atoms with E-state index in [0.29, 0.717) is 23.9 Å². The summed E-state index contributed by atoms with van der Waals surface area (Å²) in [5.41, 5.74) is 3.26. The fraction of sp³-hybridized carbons (Fsp3) is 0.286. The average Bonchev–Trinajstić information content (AvgIpc) is 3.10. The van der Waals surface area contributed by atoms with Gasteiger partial charge < -0.3 is 9.47 Å². The second-order valence-corrected chi connectivity index (χ2v) is 7.90. The second-order valence-electron chi connectivity index (χ2n) is 6.53. The number of carbonyl (C=O) groups is 1. The summed E-state index contributed by atoms with van der Waals surface area (Å²) in [5, 5.41) is 9.98. The smallest absolute Gasteiger partial charge is 0.233 e. The van der Waals surface area contributed by atoms with Crippen molar-refractivity contribution in [1.82, 2.24) is 19.7 Å².